The summed E-state index contributed by atoms with van der Waals surface area (Å²) in [5.74, 6) is -0.592. The number of hydrogen-bond acceptors (Lipinski definition) is 5. The number of alkyl halides is 6. The molecule has 1 unspecified atom stereocenters. The number of anilines is 1. The van der Waals surface area contributed by atoms with Crippen LogP contribution in [0.2, 0.25) is 0 Å². The van der Waals surface area contributed by atoms with Gasteiger partial charge in [-0.1, -0.05) is 23.9 Å². The van der Waals surface area contributed by atoms with Crippen molar-refractivity contribution in [3.63, 3.8) is 0 Å². The molecule has 0 saturated carbocycles. The molecular weight excluding hydrogens is 520 g/mol. The van der Waals surface area contributed by atoms with Gasteiger partial charge < -0.3 is 20.3 Å². The molecule has 2 aromatic rings. The Balaban J connectivity index is 1.67. The zero-order chi connectivity index (χ0) is 26.6. The molecule has 12 heteroatoms. The summed E-state index contributed by atoms with van der Waals surface area (Å²) in [5.41, 5.74) is -3.65. The van der Waals surface area contributed by atoms with Gasteiger partial charge in [-0.15, -0.1) is 0 Å². The molecule has 2 fully saturated rings. The molecule has 2 aliphatic rings. The van der Waals surface area contributed by atoms with Gasteiger partial charge in [0.1, 0.15) is 0 Å². The number of carbonyl (C=O) groups excluding carboxylic acids is 1. The molecule has 200 valence electrons. The summed E-state index contributed by atoms with van der Waals surface area (Å²) in [6.45, 7) is 2.67. The van der Waals surface area contributed by atoms with E-state index in [1.54, 1.807) is 24.3 Å². The van der Waals surface area contributed by atoms with Crippen molar-refractivity contribution in [3.8, 4) is 0 Å². The molecule has 0 radical (unpaired) electrons. The Kier molecular flexibility index (Phi) is 8.39. The van der Waals surface area contributed by atoms with E-state index in [4.69, 9.17) is 4.74 Å². The van der Waals surface area contributed by atoms with Crippen molar-refractivity contribution in [3.05, 3.63) is 59.2 Å². The maximum atomic E-state index is 14.1. The number of benzene rings is 2. The summed E-state index contributed by atoms with van der Waals surface area (Å²) in [5, 5.41) is 6.48. The molecule has 37 heavy (non-hydrogen) atoms. The maximum absolute atomic E-state index is 14.1. The molecule has 0 aliphatic carbocycles. The summed E-state index contributed by atoms with van der Waals surface area (Å²) >= 11 is 0.610. The van der Waals surface area contributed by atoms with E-state index in [2.05, 4.69) is 10.6 Å². The summed E-state index contributed by atoms with van der Waals surface area (Å²) in [6.07, 6.45) is -8.04. The van der Waals surface area contributed by atoms with E-state index in [1.165, 1.54) is 4.90 Å². The molecule has 1 atom stereocenters. The van der Waals surface area contributed by atoms with Gasteiger partial charge in [0.05, 0.1) is 24.3 Å². The minimum atomic E-state index is -5.30. The summed E-state index contributed by atoms with van der Waals surface area (Å²) in [7, 11) is 0. The molecule has 2 aliphatic heterocycles. The fraction of sp³-hybridized carbons (Fsp3) is 0.400. The average Bonchev–Trinajstić information content (AvgIpc) is 3.35. The van der Waals surface area contributed by atoms with Crippen LogP contribution in [0, 0.1) is 0 Å². The van der Waals surface area contributed by atoms with E-state index < -0.39 is 39.8 Å². The van der Waals surface area contributed by atoms with Crippen molar-refractivity contribution in [1.82, 2.24) is 10.2 Å². The zero-order valence-corrected chi connectivity index (χ0v) is 20.4. The monoisotopic (exact) mass is 545 g/mol. The smallest absolute Gasteiger partial charge is 0.381 e. The van der Waals surface area contributed by atoms with Gasteiger partial charge in [-0.2, -0.15) is 26.3 Å². The molecule has 2 saturated heterocycles. The van der Waals surface area contributed by atoms with Crippen molar-refractivity contribution >= 4 is 29.4 Å². The lowest BCUT2D eigenvalue weighted by Crippen LogP contribution is -2.39. The lowest BCUT2D eigenvalue weighted by Gasteiger charge is -2.25. The van der Waals surface area contributed by atoms with Gasteiger partial charge in [-0.25, -0.2) is 0 Å². The molecular formula is C25H25F6N3O2S. The Labute approximate surface area is 214 Å². The van der Waals surface area contributed by atoms with Gasteiger partial charge in [0, 0.05) is 47.2 Å². The van der Waals surface area contributed by atoms with Crippen molar-refractivity contribution < 1.29 is 35.9 Å². The quantitative estimate of drug-likeness (QED) is 0.370. The van der Waals surface area contributed by atoms with Crippen LogP contribution in [0.15, 0.2) is 52.3 Å². The average molecular weight is 546 g/mol. The van der Waals surface area contributed by atoms with Gasteiger partial charge in [-0.05, 0) is 48.9 Å². The third-order valence-electron chi connectivity index (χ3n) is 5.99. The predicted molar refractivity (Wildman–Crippen MR) is 128 cm³/mol. The highest BCUT2D eigenvalue weighted by molar-refractivity contribution is 7.99. The highest BCUT2D eigenvalue weighted by Crippen LogP contribution is 2.48. The molecule has 0 spiro atoms. The van der Waals surface area contributed by atoms with Gasteiger partial charge in [-0.3, -0.25) is 4.79 Å². The number of halogens is 6. The number of carbonyl (C=O) groups is 1. The predicted octanol–water partition coefficient (Wildman–Crippen LogP) is 5.52. The lowest BCUT2D eigenvalue weighted by molar-refractivity contribution is -0.163. The second-order valence-corrected chi connectivity index (χ2v) is 9.75. The topological polar surface area (TPSA) is 53.6 Å². The first-order valence-electron chi connectivity index (χ1n) is 11.6. The van der Waals surface area contributed by atoms with Crippen LogP contribution in [0.3, 0.4) is 0 Å². The normalized spacial score (nSPS) is 19.0. The zero-order valence-electron chi connectivity index (χ0n) is 19.6. The van der Waals surface area contributed by atoms with Gasteiger partial charge in [0.25, 0.3) is 0 Å². The van der Waals surface area contributed by atoms with Crippen LogP contribution in [-0.4, -0.2) is 56.2 Å². The SMILES string of the molecule is O=C(/C=C/c1ccc(Sc2cccc(NC3CCNC3)c2)c(C(F)(F)F)c1C(F)(F)F)N1CCOCC1. The molecule has 5 nitrogen and oxygen atoms in total. The Morgan fingerprint density at radius 1 is 1.05 bits per heavy atom. The first kappa shape index (κ1) is 27.3. The van der Waals surface area contributed by atoms with E-state index >= 15 is 0 Å². The number of ether oxygens (including phenoxy) is 1. The second kappa shape index (κ2) is 11.4. The number of morpholine rings is 1. The molecule has 0 bridgehead atoms. The Morgan fingerprint density at radius 2 is 1.78 bits per heavy atom. The maximum Gasteiger partial charge on any atom is 0.418 e. The largest absolute Gasteiger partial charge is 0.418 e. The Morgan fingerprint density at radius 3 is 2.43 bits per heavy atom. The Hall–Kier alpha value is -2.70. The van der Waals surface area contributed by atoms with E-state index in [9.17, 15) is 31.1 Å². The third-order valence-corrected chi connectivity index (χ3v) is 7.04. The number of nitrogens with one attached hydrogen (secondary N) is 2. The lowest BCUT2D eigenvalue weighted by atomic mass is 9.99. The Bertz CT molecular complexity index is 1140. The van der Waals surface area contributed by atoms with Crippen LogP contribution >= 0.6 is 11.8 Å². The van der Waals surface area contributed by atoms with Gasteiger partial charge >= 0.3 is 12.4 Å². The van der Waals surface area contributed by atoms with Crippen LogP contribution in [-0.2, 0) is 21.9 Å². The molecule has 4 rings (SSSR count). The second-order valence-electron chi connectivity index (χ2n) is 8.63. The van der Waals surface area contributed by atoms with Crippen LogP contribution in [0.5, 0.6) is 0 Å². The van der Waals surface area contributed by atoms with Crippen molar-refractivity contribution in [1.29, 1.82) is 0 Å². The highest BCUT2D eigenvalue weighted by Gasteiger charge is 2.46. The minimum Gasteiger partial charge on any atom is -0.381 e. The number of rotatable bonds is 6. The van der Waals surface area contributed by atoms with Crippen LogP contribution in [0.1, 0.15) is 23.1 Å². The third kappa shape index (κ3) is 6.99. The minimum absolute atomic E-state index is 0.161. The van der Waals surface area contributed by atoms with E-state index in [-0.39, 0.29) is 32.3 Å². The highest BCUT2D eigenvalue weighted by atomic mass is 32.2. The van der Waals surface area contributed by atoms with E-state index in [0.29, 0.717) is 22.3 Å². The number of amides is 1. The fourth-order valence-electron chi connectivity index (χ4n) is 4.25. The van der Waals surface area contributed by atoms with E-state index in [0.717, 1.165) is 43.8 Å². The molecule has 2 aromatic carbocycles. The number of nitrogens with zero attached hydrogens (tertiary/aromatic N) is 1. The molecule has 2 N–H and O–H groups in total. The fourth-order valence-corrected chi connectivity index (χ4v) is 5.29. The standard InChI is InChI=1S/C25H25F6N3O2S/c26-24(27,28)22-16(5-7-21(35)34-10-12-36-13-11-34)4-6-20(23(22)25(29,30)31)37-19-3-1-2-17(14-19)33-18-8-9-32-15-18/h1-7,14,18,32-33H,8-13,15H2/b7-5+. The number of hydrogen-bond donors (Lipinski definition) is 2. The first-order chi connectivity index (χ1) is 17.5. The van der Waals surface area contributed by atoms with Crippen LogP contribution < -0.4 is 10.6 Å². The molecule has 0 aromatic heterocycles. The van der Waals surface area contributed by atoms with Gasteiger partial charge in [0.15, 0.2) is 0 Å². The molecule has 2 heterocycles. The summed E-state index contributed by atoms with van der Waals surface area (Å²) in [4.78, 5) is 13.5. The van der Waals surface area contributed by atoms with Crippen molar-refractivity contribution in [2.24, 2.45) is 0 Å². The summed E-state index contributed by atoms with van der Waals surface area (Å²) in [6, 6.07) is 8.70. The first-order valence-corrected chi connectivity index (χ1v) is 12.5. The molecule has 1 amide bonds. The van der Waals surface area contributed by atoms with Gasteiger partial charge in [0.2, 0.25) is 5.91 Å². The van der Waals surface area contributed by atoms with Crippen LogP contribution in [0.4, 0.5) is 32.0 Å². The van der Waals surface area contributed by atoms with Crippen LogP contribution in [0.25, 0.3) is 6.08 Å². The van der Waals surface area contributed by atoms with E-state index in [1.807, 2.05) is 0 Å². The van der Waals surface area contributed by atoms with Crippen molar-refractivity contribution in [2.75, 3.05) is 44.7 Å². The summed E-state index contributed by atoms with van der Waals surface area (Å²) < 4.78 is 89.7. The van der Waals surface area contributed by atoms with Crippen molar-refractivity contribution in [2.45, 2.75) is 34.6 Å².